The molecule has 14 heavy (non-hydrogen) atoms. The number of halogens is 1. The fraction of sp³-hybridized carbons (Fsp3) is 0.200. The van der Waals surface area contributed by atoms with Crippen molar-refractivity contribution in [1.29, 1.82) is 0 Å². The normalized spacial score (nSPS) is 10.5. The van der Waals surface area contributed by atoms with Crippen LogP contribution in [0.2, 0.25) is 0 Å². The zero-order valence-electron chi connectivity index (χ0n) is 8.03. The maximum absolute atomic E-state index is 4.13. The molecular formula is C10H10BrN3. The molecule has 1 aromatic carbocycles. The number of hydrogen-bond donors (Lipinski definition) is 0. The summed E-state index contributed by atoms with van der Waals surface area (Å²) in [6.07, 6.45) is 0. The zero-order chi connectivity index (χ0) is 10.1. The first kappa shape index (κ1) is 9.40. The van der Waals surface area contributed by atoms with Crippen LogP contribution >= 0.6 is 15.9 Å². The molecule has 0 aliphatic heterocycles. The molecule has 0 aliphatic carbocycles. The van der Waals surface area contributed by atoms with Gasteiger partial charge in [-0.15, -0.1) is 10.2 Å². The average molecular weight is 252 g/mol. The average Bonchev–Trinajstić information content (AvgIpc) is 2.49. The van der Waals surface area contributed by atoms with Crippen LogP contribution in [-0.4, -0.2) is 14.8 Å². The van der Waals surface area contributed by atoms with E-state index in [1.165, 1.54) is 0 Å². The fourth-order valence-corrected chi connectivity index (χ4v) is 1.75. The van der Waals surface area contributed by atoms with Gasteiger partial charge < -0.3 is 4.57 Å². The molecule has 2 rings (SSSR count). The lowest BCUT2D eigenvalue weighted by atomic mass is 10.2. The van der Waals surface area contributed by atoms with Crippen LogP contribution in [0.25, 0.3) is 11.4 Å². The van der Waals surface area contributed by atoms with Crippen LogP contribution in [0.5, 0.6) is 0 Å². The molecule has 0 spiro atoms. The second-order valence-corrected chi connectivity index (χ2v) is 3.96. The first-order chi connectivity index (χ1) is 6.70. The fourth-order valence-electron chi connectivity index (χ4n) is 1.28. The van der Waals surface area contributed by atoms with Gasteiger partial charge in [0.25, 0.3) is 0 Å². The molecule has 3 nitrogen and oxygen atoms in total. The maximum Gasteiger partial charge on any atom is 0.164 e. The van der Waals surface area contributed by atoms with Gasteiger partial charge in [-0.3, -0.25) is 0 Å². The van der Waals surface area contributed by atoms with Gasteiger partial charge in [0.15, 0.2) is 5.82 Å². The first-order valence-electron chi connectivity index (χ1n) is 4.31. The summed E-state index contributed by atoms with van der Waals surface area (Å²) in [7, 11) is 1.96. The summed E-state index contributed by atoms with van der Waals surface area (Å²) in [6.45, 7) is 1.94. The number of nitrogens with zero attached hydrogens (tertiary/aromatic N) is 3. The van der Waals surface area contributed by atoms with E-state index >= 15 is 0 Å². The lowest BCUT2D eigenvalue weighted by Gasteiger charge is -2.03. The summed E-state index contributed by atoms with van der Waals surface area (Å²) in [5.74, 6) is 1.80. The lowest BCUT2D eigenvalue weighted by Crippen LogP contribution is -1.95. The van der Waals surface area contributed by atoms with Crippen molar-refractivity contribution < 1.29 is 0 Å². The van der Waals surface area contributed by atoms with Gasteiger partial charge in [-0.2, -0.15) is 0 Å². The van der Waals surface area contributed by atoms with Crippen molar-refractivity contribution in [1.82, 2.24) is 14.8 Å². The van der Waals surface area contributed by atoms with Crippen molar-refractivity contribution in [3.63, 3.8) is 0 Å². The Balaban J connectivity index is 2.60. The minimum atomic E-state index is 0.884. The smallest absolute Gasteiger partial charge is 0.164 e. The van der Waals surface area contributed by atoms with E-state index < -0.39 is 0 Å². The SMILES string of the molecule is Cc1nnc(-c2ccccc2Br)n1C. The maximum atomic E-state index is 4.13. The van der Waals surface area contributed by atoms with Gasteiger partial charge in [-0.1, -0.05) is 34.1 Å². The van der Waals surface area contributed by atoms with Crippen LogP contribution in [0.1, 0.15) is 5.82 Å². The highest BCUT2D eigenvalue weighted by Gasteiger charge is 2.09. The standard InChI is InChI=1S/C10H10BrN3/c1-7-12-13-10(14(7)2)8-5-3-4-6-9(8)11/h3-6H,1-2H3. The van der Waals surface area contributed by atoms with Crippen LogP contribution in [-0.2, 0) is 7.05 Å². The van der Waals surface area contributed by atoms with Gasteiger partial charge in [0, 0.05) is 17.1 Å². The Morgan fingerprint density at radius 2 is 1.93 bits per heavy atom. The van der Waals surface area contributed by atoms with Crippen LogP contribution in [0, 0.1) is 6.92 Å². The predicted octanol–water partition coefficient (Wildman–Crippen LogP) is 2.55. The molecule has 0 saturated carbocycles. The highest BCUT2D eigenvalue weighted by atomic mass is 79.9. The van der Waals surface area contributed by atoms with E-state index in [1.807, 2.05) is 42.8 Å². The minimum Gasteiger partial charge on any atom is -0.314 e. The van der Waals surface area contributed by atoms with E-state index in [4.69, 9.17) is 0 Å². The number of aryl methyl sites for hydroxylation is 1. The van der Waals surface area contributed by atoms with Crippen molar-refractivity contribution in [3.05, 3.63) is 34.6 Å². The molecule has 0 atom stereocenters. The van der Waals surface area contributed by atoms with Crippen molar-refractivity contribution in [3.8, 4) is 11.4 Å². The number of rotatable bonds is 1. The molecule has 0 radical (unpaired) electrons. The monoisotopic (exact) mass is 251 g/mol. The van der Waals surface area contributed by atoms with E-state index in [2.05, 4.69) is 26.1 Å². The second kappa shape index (κ2) is 3.53. The Hall–Kier alpha value is -1.16. The third-order valence-corrected chi connectivity index (χ3v) is 2.90. The van der Waals surface area contributed by atoms with Gasteiger partial charge in [0.1, 0.15) is 5.82 Å². The van der Waals surface area contributed by atoms with Crippen LogP contribution < -0.4 is 0 Å². The van der Waals surface area contributed by atoms with E-state index in [0.717, 1.165) is 21.7 Å². The molecule has 0 saturated heterocycles. The van der Waals surface area contributed by atoms with Gasteiger partial charge in [0.05, 0.1) is 0 Å². The van der Waals surface area contributed by atoms with E-state index in [1.54, 1.807) is 0 Å². The molecule has 0 amide bonds. The van der Waals surface area contributed by atoms with Crippen LogP contribution in [0.3, 0.4) is 0 Å². The summed E-state index contributed by atoms with van der Waals surface area (Å²) >= 11 is 3.50. The molecule has 0 fully saturated rings. The van der Waals surface area contributed by atoms with Gasteiger partial charge >= 0.3 is 0 Å². The minimum absolute atomic E-state index is 0.884. The van der Waals surface area contributed by atoms with Crippen LogP contribution in [0.4, 0.5) is 0 Å². The molecule has 0 bridgehead atoms. The summed E-state index contributed by atoms with van der Waals surface area (Å²) < 4.78 is 3.01. The Kier molecular flexibility index (Phi) is 2.37. The summed E-state index contributed by atoms with van der Waals surface area (Å²) in [6, 6.07) is 7.99. The van der Waals surface area contributed by atoms with E-state index in [0.29, 0.717) is 0 Å². The summed E-state index contributed by atoms with van der Waals surface area (Å²) in [5, 5.41) is 8.16. The van der Waals surface area contributed by atoms with Crippen molar-refractivity contribution in [2.24, 2.45) is 7.05 Å². The van der Waals surface area contributed by atoms with Crippen molar-refractivity contribution in [2.45, 2.75) is 6.92 Å². The van der Waals surface area contributed by atoms with Gasteiger partial charge in [-0.25, -0.2) is 0 Å². The molecule has 4 heteroatoms. The summed E-state index contributed by atoms with van der Waals surface area (Å²) in [5.41, 5.74) is 1.07. The van der Waals surface area contributed by atoms with E-state index in [9.17, 15) is 0 Å². The zero-order valence-corrected chi connectivity index (χ0v) is 9.62. The quantitative estimate of drug-likeness (QED) is 0.780. The Morgan fingerprint density at radius 1 is 1.21 bits per heavy atom. The molecule has 0 unspecified atom stereocenters. The van der Waals surface area contributed by atoms with Crippen LogP contribution in [0.15, 0.2) is 28.7 Å². The first-order valence-corrected chi connectivity index (χ1v) is 5.10. The highest BCUT2D eigenvalue weighted by molar-refractivity contribution is 9.10. The second-order valence-electron chi connectivity index (χ2n) is 3.11. The lowest BCUT2D eigenvalue weighted by molar-refractivity contribution is 0.864. The van der Waals surface area contributed by atoms with E-state index in [-0.39, 0.29) is 0 Å². The molecule has 0 N–H and O–H groups in total. The molecule has 1 heterocycles. The molecule has 0 aliphatic rings. The largest absolute Gasteiger partial charge is 0.314 e. The Labute approximate surface area is 90.9 Å². The molecule has 2 aromatic rings. The van der Waals surface area contributed by atoms with Gasteiger partial charge in [-0.05, 0) is 13.0 Å². The number of hydrogen-bond acceptors (Lipinski definition) is 2. The molecular weight excluding hydrogens is 242 g/mol. The topological polar surface area (TPSA) is 30.7 Å². The van der Waals surface area contributed by atoms with Crippen molar-refractivity contribution in [2.75, 3.05) is 0 Å². The third kappa shape index (κ3) is 1.46. The Morgan fingerprint density at radius 3 is 2.50 bits per heavy atom. The third-order valence-electron chi connectivity index (χ3n) is 2.21. The molecule has 72 valence electrons. The molecule has 1 aromatic heterocycles. The Bertz CT molecular complexity index is 462. The highest BCUT2D eigenvalue weighted by Crippen LogP contribution is 2.25. The predicted molar refractivity (Wildman–Crippen MR) is 58.9 cm³/mol. The van der Waals surface area contributed by atoms with Crippen molar-refractivity contribution >= 4 is 15.9 Å². The summed E-state index contributed by atoms with van der Waals surface area (Å²) in [4.78, 5) is 0. The van der Waals surface area contributed by atoms with Gasteiger partial charge in [0.2, 0.25) is 0 Å². The number of aromatic nitrogens is 3. The number of benzene rings is 1.